The Morgan fingerprint density at radius 3 is 2.89 bits per heavy atom. The van der Waals surface area contributed by atoms with Crippen LogP contribution in [0.5, 0.6) is 0 Å². The number of nitriles is 1. The Bertz CT molecular complexity index is 910. The van der Waals surface area contributed by atoms with Gasteiger partial charge >= 0.3 is 0 Å². The molecule has 0 spiro atoms. The van der Waals surface area contributed by atoms with Crippen molar-refractivity contribution in [3.63, 3.8) is 0 Å². The number of hydrogen-bond acceptors (Lipinski definition) is 4. The number of fused-ring (bicyclic) bond motifs is 4. The van der Waals surface area contributed by atoms with Crippen molar-refractivity contribution >= 4 is 16.8 Å². The van der Waals surface area contributed by atoms with Crippen molar-refractivity contribution in [2.75, 3.05) is 26.8 Å². The lowest BCUT2D eigenvalue weighted by molar-refractivity contribution is 0.0481. The van der Waals surface area contributed by atoms with E-state index in [1.54, 1.807) is 7.11 Å². The number of methoxy groups -OCH3 is 1. The van der Waals surface area contributed by atoms with Gasteiger partial charge in [-0.15, -0.1) is 0 Å². The summed E-state index contributed by atoms with van der Waals surface area (Å²) in [4.78, 5) is 15.2. The van der Waals surface area contributed by atoms with Gasteiger partial charge in [-0.3, -0.25) is 9.36 Å². The molecule has 2 aromatic rings. The van der Waals surface area contributed by atoms with E-state index in [0.717, 1.165) is 48.8 Å². The predicted octanol–water partition coefficient (Wildman–Crippen LogP) is 3.93. The summed E-state index contributed by atoms with van der Waals surface area (Å²) in [5, 5.41) is 10.7. The van der Waals surface area contributed by atoms with Crippen molar-refractivity contribution in [1.82, 2.24) is 9.47 Å². The number of nitrogens with zero attached hydrogens (tertiary/aromatic N) is 3. The molecule has 27 heavy (non-hydrogen) atoms. The Balaban J connectivity index is 2.00. The molecule has 1 aromatic heterocycles. The van der Waals surface area contributed by atoms with Gasteiger partial charge in [0.1, 0.15) is 0 Å². The first-order valence-corrected chi connectivity index (χ1v) is 9.94. The zero-order valence-electron chi connectivity index (χ0n) is 16.2. The molecule has 2 unspecified atom stereocenters. The fourth-order valence-electron chi connectivity index (χ4n) is 5.33. The number of carbonyl (C=O) groups excluding carboxylic acids is 1. The molecule has 0 radical (unpaired) electrons. The Kier molecular flexibility index (Phi) is 4.69. The van der Waals surface area contributed by atoms with Crippen LogP contribution in [-0.2, 0) is 11.2 Å². The Morgan fingerprint density at radius 2 is 2.15 bits per heavy atom. The highest BCUT2D eigenvalue weighted by atomic mass is 16.5. The van der Waals surface area contributed by atoms with Crippen LogP contribution in [0.4, 0.5) is 0 Å². The molecule has 2 aliphatic rings. The molecule has 5 nitrogen and oxygen atoms in total. The van der Waals surface area contributed by atoms with Crippen LogP contribution in [0.1, 0.15) is 54.6 Å². The van der Waals surface area contributed by atoms with Crippen LogP contribution in [0.2, 0.25) is 0 Å². The number of para-hydroxylation sites is 1. The third-order valence-electron chi connectivity index (χ3n) is 6.76. The number of carbonyl (C=O) groups is 1. The van der Waals surface area contributed by atoms with Crippen molar-refractivity contribution in [2.45, 2.75) is 44.9 Å². The summed E-state index contributed by atoms with van der Waals surface area (Å²) in [5.74, 6) is 0.417. The van der Waals surface area contributed by atoms with Crippen LogP contribution < -0.4 is 0 Å². The van der Waals surface area contributed by atoms with E-state index in [4.69, 9.17) is 4.74 Å². The minimum Gasteiger partial charge on any atom is -0.384 e. The van der Waals surface area contributed by atoms with Gasteiger partial charge in [0, 0.05) is 43.6 Å². The summed E-state index contributed by atoms with van der Waals surface area (Å²) in [6.07, 6.45) is 6.51. The normalized spacial score (nSPS) is 25.4. The number of hydrogen-bond donors (Lipinski definition) is 0. The molecular formula is C22H27N3O2. The summed E-state index contributed by atoms with van der Waals surface area (Å²) < 4.78 is 7.64. The monoisotopic (exact) mass is 365 g/mol. The van der Waals surface area contributed by atoms with E-state index in [-0.39, 0.29) is 17.2 Å². The molecule has 0 saturated carbocycles. The Labute approximate surface area is 160 Å². The van der Waals surface area contributed by atoms with Gasteiger partial charge < -0.3 is 9.64 Å². The van der Waals surface area contributed by atoms with Gasteiger partial charge in [0.2, 0.25) is 5.91 Å². The first-order valence-electron chi connectivity index (χ1n) is 9.94. The van der Waals surface area contributed by atoms with Crippen LogP contribution >= 0.6 is 0 Å². The van der Waals surface area contributed by atoms with Gasteiger partial charge in [-0.05, 0) is 42.7 Å². The minimum absolute atomic E-state index is 0.0926. The standard InChI is InChI=1S/C22H27N3O2/c1-3-22-10-6-11-24(15-23)12-9-17-16-7-4-5-8-19(16)25(20(26)13-22)21(17)18(22)14-27-2/h4-5,7-8,18H,3,6,9-14H2,1-2H3. The molecule has 0 aliphatic carbocycles. The van der Waals surface area contributed by atoms with Crippen molar-refractivity contribution < 1.29 is 9.53 Å². The van der Waals surface area contributed by atoms with E-state index in [9.17, 15) is 10.1 Å². The second-order valence-electron chi connectivity index (χ2n) is 7.95. The number of rotatable bonds is 3. The molecule has 0 N–H and O–H groups in total. The average molecular weight is 365 g/mol. The fourth-order valence-corrected chi connectivity index (χ4v) is 5.33. The fraction of sp³-hybridized carbons (Fsp3) is 0.545. The van der Waals surface area contributed by atoms with Gasteiger partial charge in [-0.25, -0.2) is 0 Å². The number of ether oxygens (including phenoxy) is 1. The number of benzene rings is 1. The van der Waals surface area contributed by atoms with Crippen molar-refractivity contribution in [3.05, 3.63) is 35.5 Å². The molecule has 1 aromatic carbocycles. The summed E-state index contributed by atoms with van der Waals surface area (Å²) >= 11 is 0. The SMILES string of the molecule is CCC12CCCN(C#N)CCc3c(n(c4ccccc34)C(=O)C1)C2COC. The maximum Gasteiger partial charge on any atom is 0.231 e. The Hall–Kier alpha value is -2.32. The predicted molar refractivity (Wildman–Crippen MR) is 105 cm³/mol. The lowest BCUT2D eigenvalue weighted by Crippen LogP contribution is -2.43. The summed E-state index contributed by atoms with van der Waals surface area (Å²) in [7, 11) is 1.76. The lowest BCUT2D eigenvalue weighted by Gasteiger charge is -2.45. The average Bonchev–Trinajstić information content (AvgIpc) is 3.02. The van der Waals surface area contributed by atoms with Crippen LogP contribution in [0.3, 0.4) is 0 Å². The minimum atomic E-state index is -0.0926. The van der Waals surface area contributed by atoms with E-state index < -0.39 is 0 Å². The van der Waals surface area contributed by atoms with E-state index in [1.165, 1.54) is 5.56 Å². The zero-order chi connectivity index (χ0) is 19.0. The maximum atomic E-state index is 13.3. The van der Waals surface area contributed by atoms with Crippen LogP contribution in [0.25, 0.3) is 10.9 Å². The third kappa shape index (κ3) is 2.74. The van der Waals surface area contributed by atoms with Gasteiger partial charge in [0.15, 0.2) is 6.19 Å². The Morgan fingerprint density at radius 1 is 1.33 bits per heavy atom. The molecular weight excluding hydrogens is 338 g/mol. The van der Waals surface area contributed by atoms with Crippen molar-refractivity contribution in [3.8, 4) is 6.19 Å². The van der Waals surface area contributed by atoms with E-state index in [0.29, 0.717) is 19.6 Å². The molecule has 0 amide bonds. The molecule has 5 heteroatoms. The third-order valence-corrected chi connectivity index (χ3v) is 6.76. The van der Waals surface area contributed by atoms with E-state index in [1.807, 2.05) is 27.7 Å². The molecule has 2 aliphatic heterocycles. The molecule has 3 heterocycles. The maximum absolute atomic E-state index is 13.3. The van der Waals surface area contributed by atoms with Crippen LogP contribution in [0.15, 0.2) is 24.3 Å². The molecule has 142 valence electrons. The molecule has 2 bridgehead atoms. The summed E-state index contributed by atoms with van der Waals surface area (Å²) in [6.45, 7) is 4.29. The highest BCUT2D eigenvalue weighted by Crippen LogP contribution is 2.52. The van der Waals surface area contributed by atoms with Gasteiger partial charge in [0.25, 0.3) is 0 Å². The van der Waals surface area contributed by atoms with Gasteiger partial charge in [-0.1, -0.05) is 25.1 Å². The second kappa shape index (κ2) is 7.01. The van der Waals surface area contributed by atoms with E-state index in [2.05, 4.69) is 19.2 Å². The smallest absolute Gasteiger partial charge is 0.231 e. The van der Waals surface area contributed by atoms with Crippen LogP contribution in [-0.4, -0.2) is 42.2 Å². The highest BCUT2D eigenvalue weighted by molar-refractivity contribution is 5.97. The molecule has 0 fully saturated rings. The first-order chi connectivity index (χ1) is 13.1. The van der Waals surface area contributed by atoms with Gasteiger partial charge in [-0.2, -0.15) is 5.26 Å². The second-order valence-corrected chi connectivity index (χ2v) is 7.95. The number of aromatic nitrogens is 1. The van der Waals surface area contributed by atoms with Crippen molar-refractivity contribution in [2.24, 2.45) is 5.41 Å². The topological polar surface area (TPSA) is 58.3 Å². The highest BCUT2D eigenvalue weighted by Gasteiger charge is 2.47. The van der Waals surface area contributed by atoms with Crippen molar-refractivity contribution in [1.29, 1.82) is 5.26 Å². The van der Waals surface area contributed by atoms with Gasteiger partial charge in [0.05, 0.1) is 12.1 Å². The summed E-state index contributed by atoms with van der Waals surface area (Å²) in [5.41, 5.74) is 3.27. The lowest BCUT2D eigenvalue weighted by atomic mass is 9.64. The molecule has 4 rings (SSSR count). The largest absolute Gasteiger partial charge is 0.384 e. The zero-order valence-corrected chi connectivity index (χ0v) is 16.2. The quantitative estimate of drug-likeness (QED) is 0.773. The first kappa shape index (κ1) is 18.1. The molecule has 2 atom stereocenters. The van der Waals surface area contributed by atoms with Crippen LogP contribution in [0, 0.1) is 16.9 Å². The molecule has 0 saturated heterocycles. The van der Waals surface area contributed by atoms with E-state index >= 15 is 0 Å². The summed E-state index contributed by atoms with van der Waals surface area (Å²) in [6, 6.07) is 8.20.